The maximum absolute atomic E-state index is 13.0. The zero-order valence-corrected chi connectivity index (χ0v) is 17.2. The van der Waals surface area contributed by atoms with Gasteiger partial charge < -0.3 is 5.32 Å². The minimum absolute atomic E-state index is 0.188. The molecule has 0 unspecified atom stereocenters. The van der Waals surface area contributed by atoms with Crippen LogP contribution in [0.5, 0.6) is 0 Å². The summed E-state index contributed by atoms with van der Waals surface area (Å²) in [5, 5.41) is 9.88. The number of benzene rings is 3. The lowest BCUT2D eigenvalue weighted by molar-refractivity contribution is -0.137. The quantitative estimate of drug-likeness (QED) is 0.404. The minimum Gasteiger partial charge on any atom is -0.348 e. The van der Waals surface area contributed by atoms with Gasteiger partial charge >= 0.3 is 6.18 Å². The fraction of sp³-hybridized carbons (Fsp3) is 0.120. The topological polar surface area (TPSA) is 57.8 Å². The highest BCUT2D eigenvalue weighted by Gasteiger charge is 2.30. The molecule has 4 rings (SSSR count). The first-order chi connectivity index (χ1) is 15.3. The smallest absolute Gasteiger partial charge is 0.348 e. The van der Waals surface area contributed by atoms with Crippen LogP contribution < -0.4 is 5.32 Å². The summed E-state index contributed by atoms with van der Waals surface area (Å²) < 4.78 is 38.9. The van der Waals surface area contributed by atoms with Crippen molar-refractivity contribution in [2.75, 3.05) is 0 Å². The molecule has 1 amide bonds. The molecule has 1 heterocycles. The Kier molecular flexibility index (Phi) is 5.81. The van der Waals surface area contributed by atoms with Crippen LogP contribution in [0.4, 0.5) is 13.2 Å². The second-order valence-electron chi connectivity index (χ2n) is 7.49. The van der Waals surface area contributed by atoms with Crippen molar-refractivity contribution in [2.45, 2.75) is 19.6 Å². The van der Waals surface area contributed by atoms with Gasteiger partial charge in [-0.25, -0.2) is 0 Å². The molecular formula is C25H20F3N3O. The van der Waals surface area contributed by atoms with Crippen LogP contribution >= 0.6 is 0 Å². The Morgan fingerprint density at radius 1 is 0.938 bits per heavy atom. The number of H-pyrrole nitrogens is 1. The van der Waals surface area contributed by atoms with Crippen LogP contribution in [0, 0.1) is 6.92 Å². The predicted molar refractivity (Wildman–Crippen MR) is 117 cm³/mol. The number of halogens is 3. The second-order valence-corrected chi connectivity index (χ2v) is 7.49. The van der Waals surface area contributed by atoms with Crippen LogP contribution in [0.3, 0.4) is 0 Å². The number of carbonyl (C=O) groups is 1. The van der Waals surface area contributed by atoms with Gasteiger partial charge in [0.25, 0.3) is 5.91 Å². The van der Waals surface area contributed by atoms with Gasteiger partial charge in [-0.1, -0.05) is 54.1 Å². The SMILES string of the molecule is Cc1cccc(CNC(=O)c2ccc(-c3cc(-c4cccc(C(F)(F)F)c4)n[nH]3)cc2)c1. The fourth-order valence-corrected chi connectivity index (χ4v) is 3.38. The van der Waals surface area contributed by atoms with Gasteiger partial charge in [0.2, 0.25) is 0 Å². The molecular weight excluding hydrogens is 415 g/mol. The van der Waals surface area contributed by atoms with Gasteiger partial charge in [0.1, 0.15) is 0 Å². The van der Waals surface area contributed by atoms with E-state index in [1.54, 1.807) is 36.4 Å². The molecule has 0 aliphatic heterocycles. The fourth-order valence-electron chi connectivity index (χ4n) is 3.38. The molecule has 162 valence electrons. The lowest BCUT2D eigenvalue weighted by Crippen LogP contribution is -2.22. The zero-order valence-electron chi connectivity index (χ0n) is 17.2. The highest BCUT2D eigenvalue weighted by atomic mass is 19.4. The van der Waals surface area contributed by atoms with Gasteiger partial charge in [-0.15, -0.1) is 0 Å². The standard InChI is InChI=1S/C25H20F3N3O/c1-16-4-2-5-17(12-16)15-29-24(32)19-10-8-18(9-11-19)22-14-23(31-30-22)20-6-3-7-21(13-20)25(26,27)28/h2-14H,15H2,1H3,(H,29,32)(H,30,31). The summed E-state index contributed by atoms with van der Waals surface area (Å²) in [4.78, 5) is 12.4. The van der Waals surface area contributed by atoms with Crippen LogP contribution in [0.2, 0.25) is 0 Å². The molecule has 0 bridgehead atoms. The van der Waals surface area contributed by atoms with Gasteiger partial charge in [0.05, 0.1) is 17.0 Å². The molecule has 2 N–H and O–H groups in total. The molecule has 0 spiro atoms. The number of rotatable bonds is 5. The molecule has 0 radical (unpaired) electrons. The number of aromatic nitrogens is 2. The molecule has 4 nitrogen and oxygen atoms in total. The predicted octanol–water partition coefficient (Wildman–Crippen LogP) is 6.00. The number of alkyl halides is 3. The van der Waals surface area contributed by atoms with Crippen molar-refractivity contribution in [3.63, 3.8) is 0 Å². The van der Waals surface area contributed by atoms with Crippen molar-refractivity contribution in [2.24, 2.45) is 0 Å². The Hall–Kier alpha value is -3.87. The number of aromatic amines is 1. The van der Waals surface area contributed by atoms with Gasteiger partial charge in [0, 0.05) is 17.7 Å². The molecule has 0 fully saturated rings. The van der Waals surface area contributed by atoms with E-state index in [0.29, 0.717) is 29.1 Å². The summed E-state index contributed by atoms with van der Waals surface area (Å²) in [5.41, 5.74) is 4.13. The first kappa shape index (κ1) is 21.4. The summed E-state index contributed by atoms with van der Waals surface area (Å²) in [6, 6.07) is 21.6. The summed E-state index contributed by atoms with van der Waals surface area (Å²) in [6.45, 7) is 2.43. The van der Waals surface area contributed by atoms with Crippen molar-refractivity contribution < 1.29 is 18.0 Å². The van der Waals surface area contributed by atoms with Gasteiger partial charge in [0.15, 0.2) is 0 Å². The maximum Gasteiger partial charge on any atom is 0.416 e. The lowest BCUT2D eigenvalue weighted by atomic mass is 10.1. The van der Waals surface area contributed by atoms with Crippen LogP contribution in [0.15, 0.2) is 78.9 Å². The number of nitrogens with one attached hydrogen (secondary N) is 2. The number of aryl methyl sites for hydroxylation is 1. The van der Waals surface area contributed by atoms with Crippen LogP contribution in [-0.4, -0.2) is 16.1 Å². The van der Waals surface area contributed by atoms with E-state index in [-0.39, 0.29) is 5.91 Å². The molecule has 7 heteroatoms. The summed E-state index contributed by atoms with van der Waals surface area (Å²) in [5.74, 6) is -0.188. The van der Waals surface area contributed by atoms with E-state index in [0.717, 1.165) is 28.8 Å². The Balaban J connectivity index is 1.46. The largest absolute Gasteiger partial charge is 0.416 e. The number of hydrogen-bond acceptors (Lipinski definition) is 2. The lowest BCUT2D eigenvalue weighted by Gasteiger charge is -2.07. The second kappa shape index (κ2) is 8.70. The first-order valence-corrected chi connectivity index (χ1v) is 9.97. The Bertz CT molecular complexity index is 1240. The van der Waals surface area contributed by atoms with E-state index < -0.39 is 11.7 Å². The molecule has 32 heavy (non-hydrogen) atoms. The normalized spacial score (nSPS) is 11.4. The number of carbonyl (C=O) groups excluding carboxylic acids is 1. The molecule has 3 aromatic carbocycles. The molecule has 0 saturated heterocycles. The molecule has 1 aromatic heterocycles. The average molecular weight is 435 g/mol. The van der Waals surface area contributed by atoms with Crippen molar-refractivity contribution in [1.82, 2.24) is 15.5 Å². The average Bonchev–Trinajstić information content (AvgIpc) is 3.28. The highest BCUT2D eigenvalue weighted by molar-refractivity contribution is 5.94. The minimum atomic E-state index is -4.41. The third-order valence-corrected chi connectivity index (χ3v) is 5.06. The molecule has 0 atom stereocenters. The highest BCUT2D eigenvalue weighted by Crippen LogP contribution is 2.32. The molecule has 0 aliphatic carbocycles. The van der Waals surface area contributed by atoms with Crippen LogP contribution in [0.1, 0.15) is 27.0 Å². The number of nitrogens with zero attached hydrogens (tertiary/aromatic N) is 1. The Morgan fingerprint density at radius 2 is 1.69 bits per heavy atom. The Labute approximate surface area is 183 Å². The number of amides is 1. The summed E-state index contributed by atoms with van der Waals surface area (Å²) in [7, 11) is 0. The van der Waals surface area contributed by atoms with Gasteiger partial charge in [-0.3, -0.25) is 9.89 Å². The van der Waals surface area contributed by atoms with E-state index >= 15 is 0 Å². The zero-order chi connectivity index (χ0) is 22.7. The van der Waals surface area contributed by atoms with Crippen LogP contribution in [0.25, 0.3) is 22.5 Å². The summed E-state index contributed by atoms with van der Waals surface area (Å²) in [6.07, 6.45) is -4.41. The van der Waals surface area contributed by atoms with Crippen LogP contribution in [-0.2, 0) is 12.7 Å². The van der Waals surface area contributed by atoms with Crippen molar-refractivity contribution >= 4 is 5.91 Å². The third-order valence-electron chi connectivity index (χ3n) is 5.06. The van der Waals surface area contributed by atoms with E-state index in [4.69, 9.17) is 0 Å². The van der Waals surface area contributed by atoms with E-state index in [2.05, 4.69) is 15.5 Å². The molecule has 0 aliphatic rings. The van der Waals surface area contributed by atoms with E-state index in [1.807, 2.05) is 31.2 Å². The number of hydrogen-bond donors (Lipinski definition) is 2. The molecule has 0 saturated carbocycles. The summed E-state index contributed by atoms with van der Waals surface area (Å²) >= 11 is 0. The van der Waals surface area contributed by atoms with Crippen molar-refractivity contribution in [1.29, 1.82) is 0 Å². The first-order valence-electron chi connectivity index (χ1n) is 9.97. The van der Waals surface area contributed by atoms with Crippen molar-refractivity contribution in [3.8, 4) is 22.5 Å². The third kappa shape index (κ3) is 4.88. The van der Waals surface area contributed by atoms with E-state index in [1.165, 1.54) is 6.07 Å². The maximum atomic E-state index is 13.0. The monoisotopic (exact) mass is 435 g/mol. The van der Waals surface area contributed by atoms with E-state index in [9.17, 15) is 18.0 Å². The Morgan fingerprint density at radius 3 is 2.41 bits per heavy atom. The van der Waals surface area contributed by atoms with Gasteiger partial charge in [-0.2, -0.15) is 18.3 Å². The molecule has 4 aromatic rings. The van der Waals surface area contributed by atoms with Gasteiger partial charge in [-0.05, 0) is 48.4 Å². The van der Waals surface area contributed by atoms with Crippen molar-refractivity contribution in [3.05, 3.63) is 101 Å².